The molecule has 1 aliphatic heterocycles. The van der Waals surface area contributed by atoms with Crippen molar-refractivity contribution in [2.45, 2.75) is 6.42 Å². The Bertz CT molecular complexity index is 909. The summed E-state index contributed by atoms with van der Waals surface area (Å²) in [7, 11) is 0. The van der Waals surface area contributed by atoms with E-state index in [9.17, 15) is 9.18 Å². The number of anilines is 3. The summed E-state index contributed by atoms with van der Waals surface area (Å²) in [5, 5.41) is 2.69. The molecule has 0 spiro atoms. The maximum absolute atomic E-state index is 12.9. The molecule has 2 heterocycles. The molecule has 0 saturated carbocycles. The first-order valence-corrected chi connectivity index (χ1v) is 7.95. The number of carbonyl (C=O) groups is 1. The third kappa shape index (κ3) is 3.06. The molecule has 5 nitrogen and oxygen atoms in total. The molecule has 0 radical (unpaired) electrons. The van der Waals surface area contributed by atoms with E-state index in [4.69, 9.17) is 0 Å². The first-order chi connectivity index (χ1) is 12.2. The highest BCUT2D eigenvalue weighted by atomic mass is 19.1. The second kappa shape index (κ2) is 6.32. The predicted octanol–water partition coefficient (Wildman–Crippen LogP) is 3.56. The third-order valence-corrected chi connectivity index (χ3v) is 4.13. The molecule has 124 valence electrons. The fraction of sp³-hybridized carbons (Fsp3) is 0.105. The minimum Gasteiger partial charge on any atom is -0.322 e. The van der Waals surface area contributed by atoms with Gasteiger partial charge in [0.1, 0.15) is 5.82 Å². The molecule has 0 atom stereocenters. The molecule has 1 amide bonds. The highest BCUT2D eigenvalue weighted by Gasteiger charge is 2.22. The molecular weight excluding hydrogens is 319 g/mol. The first kappa shape index (κ1) is 15.3. The molecule has 4 rings (SSSR count). The van der Waals surface area contributed by atoms with Gasteiger partial charge in [0.25, 0.3) is 5.91 Å². The zero-order chi connectivity index (χ0) is 17.2. The van der Waals surface area contributed by atoms with E-state index in [-0.39, 0.29) is 11.7 Å². The average molecular weight is 334 g/mol. The zero-order valence-corrected chi connectivity index (χ0v) is 13.3. The molecule has 0 unspecified atom stereocenters. The van der Waals surface area contributed by atoms with Gasteiger partial charge in [0.15, 0.2) is 0 Å². The molecule has 0 fully saturated rings. The fourth-order valence-electron chi connectivity index (χ4n) is 2.86. The van der Waals surface area contributed by atoms with Crippen LogP contribution in [0.3, 0.4) is 0 Å². The number of carbonyl (C=O) groups excluding carboxylic acids is 1. The van der Waals surface area contributed by atoms with E-state index in [0.29, 0.717) is 17.2 Å². The number of nitrogens with zero attached hydrogens (tertiary/aromatic N) is 3. The number of fused-ring (bicyclic) bond motifs is 1. The Hall–Kier alpha value is -3.28. The average Bonchev–Trinajstić information content (AvgIpc) is 3.08. The number of nitrogens with one attached hydrogen (secondary N) is 1. The largest absolute Gasteiger partial charge is 0.322 e. The van der Waals surface area contributed by atoms with E-state index in [2.05, 4.69) is 21.4 Å². The molecule has 6 heteroatoms. The Kier molecular flexibility index (Phi) is 3.85. The molecule has 25 heavy (non-hydrogen) atoms. The molecular formula is C19H15FN4O. The SMILES string of the molecule is O=C(Nc1ccc(F)cc1)c1cnc(N2CCc3ccccc32)nc1. The topological polar surface area (TPSA) is 58.1 Å². The Morgan fingerprint density at radius 1 is 1.04 bits per heavy atom. The number of hydrogen-bond acceptors (Lipinski definition) is 4. The lowest BCUT2D eigenvalue weighted by Crippen LogP contribution is -2.18. The minimum absolute atomic E-state index is 0.333. The van der Waals surface area contributed by atoms with E-state index >= 15 is 0 Å². The van der Waals surface area contributed by atoms with Gasteiger partial charge in [-0.15, -0.1) is 0 Å². The van der Waals surface area contributed by atoms with Crippen LogP contribution >= 0.6 is 0 Å². The van der Waals surface area contributed by atoms with Gasteiger partial charge in [-0.3, -0.25) is 4.79 Å². The number of aromatic nitrogens is 2. The fourth-order valence-corrected chi connectivity index (χ4v) is 2.86. The van der Waals surface area contributed by atoms with E-state index in [0.717, 1.165) is 18.7 Å². The third-order valence-electron chi connectivity index (χ3n) is 4.13. The summed E-state index contributed by atoms with van der Waals surface area (Å²) in [5.41, 5.74) is 3.24. The van der Waals surface area contributed by atoms with E-state index in [1.807, 2.05) is 23.1 Å². The van der Waals surface area contributed by atoms with Gasteiger partial charge in [-0.2, -0.15) is 0 Å². The van der Waals surface area contributed by atoms with Crippen molar-refractivity contribution in [2.75, 3.05) is 16.8 Å². The number of rotatable bonds is 3. The summed E-state index contributed by atoms with van der Waals surface area (Å²) in [6.07, 6.45) is 3.95. The van der Waals surface area contributed by atoms with Gasteiger partial charge in [0, 0.05) is 30.3 Å². The monoisotopic (exact) mass is 334 g/mol. The van der Waals surface area contributed by atoms with Gasteiger partial charge >= 0.3 is 0 Å². The van der Waals surface area contributed by atoms with E-state index in [1.54, 1.807) is 0 Å². The van der Waals surface area contributed by atoms with E-state index < -0.39 is 0 Å². The second-order valence-corrected chi connectivity index (χ2v) is 5.76. The van der Waals surface area contributed by atoms with Gasteiger partial charge in [-0.25, -0.2) is 14.4 Å². The van der Waals surface area contributed by atoms with Crippen LogP contribution in [0.15, 0.2) is 60.9 Å². The highest BCUT2D eigenvalue weighted by Crippen LogP contribution is 2.31. The van der Waals surface area contributed by atoms with Gasteiger partial charge in [0.2, 0.25) is 5.95 Å². The predicted molar refractivity (Wildman–Crippen MR) is 93.5 cm³/mol. The van der Waals surface area contributed by atoms with Crippen molar-refractivity contribution in [3.8, 4) is 0 Å². The molecule has 1 aromatic heterocycles. The van der Waals surface area contributed by atoms with Gasteiger partial charge in [-0.1, -0.05) is 18.2 Å². The standard InChI is InChI=1S/C19H15FN4O/c20-15-5-7-16(8-6-15)23-18(25)14-11-21-19(22-12-14)24-10-9-13-3-1-2-4-17(13)24/h1-8,11-12H,9-10H2,(H,23,25). The summed E-state index contributed by atoms with van der Waals surface area (Å²) >= 11 is 0. The van der Waals surface area contributed by atoms with Crippen molar-refractivity contribution in [1.82, 2.24) is 9.97 Å². The summed E-state index contributed by atoms with van der Waals surface area (Å²) in [5.74, 6) is -0.111. The van der Waals surface area contributed by atoms with E-state index in [1.165, 1.54) is 42.2 Å². The molecule has 0 bridgehead atoms. The summed E-state index contributed by atoms with van der Waals surface area (Å²) in [6.45, 7) is 0.820. The van der Waals surface area contributed by atoms with Crippen molar-refractivity contribution in [3.05, 3.63) is 77.9 Å². The Labute approximate surface area is 144 Å². The molecule has 2 aromatic carbocycles. The Morgan fingerprint density at radius 2 is 1.76 bits per heavy atom. The van der Waals surface area contributed by atoms with Crippen molar-refractivity contribution in [3.63, 3.8) is 0 Å². The van der Waals surface area contributed by atoms with Crippen LogP contribution in [0, 0.1) is 5.82 Å². The highest BCUT2D eigenvalue weighted by molar-refractivity contribution is 6.03. The second-order valence-electron chi connectivity index (χ2n) is 5.76. The molecule has 0 aliphatic carbocycles. The first-order valence-electron chi connectivity index (χ1n) is 7.95. The lowest BCUT2D eigenvalue weighted by molar-refractivity contribution is 0.102. The van der Waals surface area contributed by atoms with Crippen LogP contribution in [0.5, 0.6) is 0 Å². The normalized spacial score (nSPS) is 12.8. The lowest BCUT2D eigenvalue weighted by Gasteiger charge is -2.16. The smallest absolute Gasteiger partial charge is 0.258 e. The molecule has 1 N–H and O–H groups in total. The maximum Gasteiger partial charge on any atom is 0.258 e. The van der Waals surface area contributed by atoms with Crippen molar-refractivity contribution < 1.29 is 9.18 Å². The zero-order valence-electron chi connectivity index (χ0n) is 13.3. The van der Waals surface area contributed by atoms with Crippen molar-refractivity contribution in [2.24, 2.45) is 0 Å². The Balaban J connectivity index is 1.50. The number of benzene rings is 2. The van der Waals surface area contributed by atoms with Crippen molar-refractivity contribution in [1.29, 1.82) is 0 Å². The number of halogens is 1. The lowest BCUT2D eigenvalue weighted by atomic mass is 10.2. The van der Waals surface area contributed by atoms with Crippen molar-refractivity contribution >= 4 is 23.2 Å². The van der Waals surface area contributed by atoms with Crippen LogP contribution in [0.1, 0.15) is 15.9 Å². The molecule has 0 saturated heterocycles. The quantitative estimate of drug-likeness (QED) is 0.796. The van der Waals surface area contributed by atoms with Crippen LogP contribution in [0.2, 0.25) is 0 Å². The Morgan fingerprint density at radius 3 is 2.52 bits per heavy atom. The van der Waals surface area contributed by atoms with Gasteiger partial charge < -0.3 is 10.2 Å². The molecule has 1 aliphatic rings. The number of amides is 1. The van der Waals surface area contributed by atoms with Crippen LogP contribution < -0.4 is 10.2 Å². The van der Waals surface area contributed by atoms with Gasteiger partial charge in [0.05, 0.1) is 5.56 Å². The van der Waals surface area contributed by atoms with Gasteiger partial charge in [-0.05, 0) is 42.3 Å². The number of para-hydroxylation sites is 1. The molecule has 3 aromatic rings. The summed E-state index contributed by atoms with van der Waals surface area (Å²) in [6, 6.07) is 13.7. The van der Waals surface area contributed by atoms with Crippen LogP contribution in [-0.4, -0.2) is 22.4 Å². The van der Waals surface area contributed by atoms with Crippen LogP contribution in [0.4, 0.5) is 21.7 Å². The number of hydrogen-bond donors (Lipinski definition) is 1. The van der Waals surface area contributed by atoms with Crippen LogP contribution in [0.25, 0.3) is 0 Å². The minimum atomic E-state index is -0.350. The van der Waals surface area contributed by atoms with Crippen LogP contribution in [-0.2, 0) is 6.42 Å². The summed E-state index contributed by atoms with van der Waals surface area (Å²) < 4.78 is 12.9. The summed E-state index contributed by atoms with van der Waals surface area (Å²) in [4.78, 5) is 22.9. The maximum atomic E-state index is 12.9.